The lowest BCUT2D eigenvalue weighted by atomic mass is 10.0. The second-order valence-corrected chi connectivity index (χ2v) is 13.5. The van der Waals surface area contributed by atoms with Crippen molar-refractivity contribution in [3.8, 4) is 22.6 Å². The SMILES string of the molecule is CCCn1cc2cc(-c3nc(-c4cccc5nn(CC(F)(F)c6ccc(C(=O)N(C)C)cc6)cc45)c(C4CC4)n3C)c(C3CC3)nc2n1. The first-order valence-electron chi connectivity index (χ1n) is 16.7. The molecule has 0 atom stereocenters. The van der Waals surface area contributed by atoms with E-state index in [1.807, 2.05) is 22.9 Å². The number of carbonyl (C=O) groups is 1. The van der Waals surface area contributed by atoms with Crippen LogP contribution >= 0.6 is 0 Å². The normalized spacial score (nSPS) is 15.1. The first kappa shape index (κ1) is 30.4. The van der Waals surface area contributed by atoms with Gasteiger partial charge in [-0.15, -0.1) is 0 Å². The highest BCUT2D eigenvalue weighted by Crippen LogP contribution is 2.49. The van der Waals surface area contributed by atoms with E-state index < -0.39 is 12.5 Å². The zero-order valence-electron chi connectivity index (χ0n) is 27.6. The third-order valence-electron chi connectivity index (χ3n) is 9.51. The van der Waals surface area contributed by atoms with E-state index in [2.05, 4.69) is 35.9 Å². The van der Waals surface area contributed by atoms with Gasteiger partial charge in [-0.2, -0.15) is 19.0 Å². The lowest BCUT2D eigenvalue weighted by Crippen LogP contribution is -2.23. The van der Waals surface area contributed by atoms with E-state index in [4.69, 9.17) is 15.1 Å². The maximum Gasteiger partial charge on any atom is 0.292 e. The van der Waals surface area contributed by atoms with Crippen molar-refractivity contribution >= 4 is 27.8 Å². The van der Waals surface area contributed by atoms with Gasteiger partial charge in [-0.05, 0) is 56.4 Å². The molecule has 2 aliphatic carbocycles. The molecule has 2 saturated carbocycles. The summed E-state index contributed by atoms with van der Waals surface area (Å²) in [7, 11) is 5.35. The fourth-order valence-corrected chi connectivity index (χ4v) is 6.77. The van der Waals surface area contributed by atoms with Gasteiger partial charge in [0.15, 0.2) is 5.65 Å². The summed E-state index contributed by atoms with van der Waals surface area (Å²) in [5, 5.41) is 11.1. The summed E-state index contributed by atoms with van der Waals surface area (Å²) < 4.78 is 36.7. The number of alkyl halides is 2. The minimum Gasteiger partial charge on any atom is -0.345 e. The summed E-state index contributed by atoms with van der Waals surface area (Å²) in [6.07, 6.45) is 9.16. The average Bonchev–Trinajstić information content (AvgIpc) is 3.98. The molecule has 1 amide bonds. The molecular formula is C37H38F2N8O. The number of amides is 1. The van der Waals surface area contributed by atoms with Gasteiger partial charge in [0.25, 0.3) is 11.8 Å². The number of rotatable bonds is 10. The number of halogens is 2. The Morgan fingerprint density at radius 2 is 1.69 bits per heavy atom. The van der Waals surface area contributed by atoms with Gasteiger partial charge in [0, 0.05) is 90.6 Å². The van der Waals surface area contributed by atoms with Crippen molar-refractivity contribution < 1.29 is 13.6 Å². The number of carbonyl (C=O) groups excluding carboxylic acids is 1. The van der Waals surface area contributed by atoms with Crippen LogP contribution in [0.4, 0.5) is 8.78 Å². The molecule has 0 N–H and O–H groups in total. The van der Waals surface area contributed by atoms with Crippen LogP contribution in [0.1, 0.15) is 78.2 Å². The summed E-state index contributed by atoms with van der Waals surface area (Å²) in [6, 6.07) is 13.5. The second kappa shape index (κ2) is 11.4. The number of imidazole rings is 1. The molecule has 9 nitrogen and oxygen atoms in total. The summed E-state index contributed by atoms with van der Waals surface area (Å²) in [5.74, 6) is -1.77. The van der Waals surface area contributed by atoms with Crippen molar-refractivity contribution in [3.63, 3.8) is 0 Å². The lowest BCUT2D eigenvalue weighted by molar-refractivity contribution is -0.0252. The first-order chi connectivity index (χ1) is 23.1. The Bertz CT molecular complexity index is 2180. The van der Waals surface area contributed by atoms with Gasteiger partial charge in [0.05, 0.1) is 16.9 Å². The molecule has 246 valence electrons. The van der Waals surface area contributed by atoms with Crippen molar-refractivity contribution in [1.29, 1.82) is 0 Å². The molecule has 0 unspecified atom stereocenters. The number of hydrogen-bond acceptors (Lipinski definition) is 5. The number of hydrogen-bond donors (Lipinski definition) is 0. The van der Waals surface area contributed by atoms with Gasteiger partial charge < -0.3 is 9.47 Å². The molecule has 4 heterocycles. The molecule has 11 heteroatoms. The van der Waals surface area contributed by atoms with E-state index in [0.29, 0.717) is 22.9 Å². The van der Waals surface area contributed by atoms with Gasteiger partial charge in [0.2, 0.25) is 0 Å². The number of pyridine rings is 1. The number of fused-ring (bicyclic) bond motifs is 2. The van der Waals surface area contributed by atoms with Crippen LogP contribution in [-0.2, 0) is 26.1 Å². The predicted octanol–water partition coefficient (Wildman–Crippen LogP) is 7.51. The molecule has 2 fully saturated rings. The van der Waals surface area contributed by atoms with Gasteiger partial charge in [0.1, 0.15) is 12.4 Å². The Kier molecular flexibility index (Phi) is 7.19. The zero-order chi connectivity index (χ0) is 33.3. The van der Waals surface area contributed by atoms with E-state index in [-0.39, 0.29) is 11.5 Å². The number of aryl methyl sites for hydroxylation is 1. The maximum atomic E-state index is 15.6. The van der Waals surface area contributed by atoms with E-state index >= 15 is 8.78 Å². The molecule has 6 aromatic rings. The summed E-state index contributed by atoms with van der Waals surface area (Å²) in [5.41, 5.74) is 6.61. The number of aromatic nitrogens is 7. The number of nitrogens with zero attached hydrogens (tertiary/aromatic N) is 8. The van der Waals surface area contributed by atoms with Crippen LogP contribution in [0.2, 0.25) is 0 Å². The summed E-state index contributed by atoms with van der Waals surface area (Å²) in [4.78, 5) is 24.1. The smallest absolute Gasteiger partial charge is 0.292 e. The van der Waals surface area contributed by atoms with Crippen LogP contribution < -0.4 is 0 Å². The fourth-order valence-electron chi connectivity index (χ4n) is 6.77. The highest BCUT2D eigenvalue weighted by Gasteiger charge is 2.36. The molecule has 4 aromatic heterocycles. The lowest BCUT2D eigenvalue weighted by Gasteiger charge is -2.17. The topological polar surface area (TPSA) is 86.7 Å². The quantitative estimate of drug-likeness (QED) is 0.154. The fraction of sp³-hybridized carbons (Fsp3) is 0.378. The van der Waals surface area contributed by atoms with Crippen LogP contribution in [0.25, 0.3) is 44.6 Å². The Balaban J connectivity index is 1.18. The third-order valence-corrected chi connectivity index (χ3v) is 9.51. The predicted molar refractivity (Wildman–Crippen MR) is 181 cm³/mol. The first-order valence-corrected chi connectivity index (χ1v) is 16.7. The minimum atomic E-state index is -3.20. The Labute approximate surface area is 277 Å². The molecule has 0 aliphatic heterocycles. The Morgan fingerprint density at radius 3 is 2.38 bits per heavy atom. The highest BCUT2D eigenvalue weighted by atomic mass is 19.3. The largest absolute Gasteiger partial charge is 0.345 e. The second-order valence-electron chi connectivity index (χ2n) is 13.5. The molecule has 0 bridgehead atoms. The standard InChI is InChI=1S/C37H38F2N8O/c1-5-17-46-19-25-18-28(31(22-9-10-22)40-34(25)43-46)35-41-32(33(45(35)4)23-11-12-23)27-7-6-8-30-29(27)20-47(42-30)21-37(38,39)26-15-13-24(14-16-26)36(48)44(2)3/h6-8,13-16,18-20,22-23H,5,9-12,17,21H2,1-4H3. The van der Waals surface area contributed by atoms with Crippen LogP contribution in [0.5, 0.6) is 0 Å². The average molecular weight is 649 g/mol. The molecule has 48 heavy (non-hydrogen) atoms. The van der Waals surface area contributed by atoms with Gasteiger partial charge in [-0.3, -0.25) is 14.2 Å². The number of benzene rings is 2. The monoisotopic (exact) mass is 648 g/mol. The van der Waals surface area contributed by atoms with Crippen LogP contribution in [0.3, 0.4) is 0 Å². The molecule has 8 rings (SSSR count). The molecule has 0 saturated heterocycles. The Hall–Kier alpha value is -4.93. The van der Waals surface area contributed by atoms with Crippen molar-refractivity contribution in [2.24, 2.45) is 7.05 Å². The van der Waals surface area contributed by atoms with E-state index in [1.165, 1.54) is 33.8 Å². The van der Waals surface area contributed by atoms with Crippen LogP contribution in [-0.4, -0.2) is 59.0 Å². The van der Waals surface area contributed by atoms with Gasteiger partial charge in [-0.25, -0.2) is 9.97 Å². The van der Waals surface area contributed by atoms with Crippen LogP contribution in [0.15, 0.2) is 60.9 Å². The minimum absolute atomic E-state index is 0.166. The molecule has 0 spiro atoms. The van der Waals surface area contributed by atoms with Gasteiger partial charge in [-0.1, -0.05) is 31.2 Å². The van der Waals surface area contributed by atoms with E-state index in [0.717, 1.165) is 89.1 Å². The van der Waals surface area contributed by atoms with E-state index in [1.54, 1.807) is 20.3 Å². The zero-order valence-corrected chi connectivity index (χ0v) is 27.6. The molecule has 0 radical (unpaired) electrons. The van der Waals surface area contributed by atoms with Gasteiger partial charge >= 0.3 is 0 Å². The molecule has 2 aromatic carbocycles. The third kappa shape index (κ3) is 5.35. The maximum absolute atomic E-state index is 15.6. The van der Waals surface area contributed by atoms with E-state index in [9.17, 15) is 4.79 Å². The molecular weight excluding hydrogens is 610 g/mol. The summed E-state index contributed by atoms with van der Waals surface area (Å²) >= 11 is 0. The van der Waals surface area contributed by atoms with Crippen molar-refractivity contribution in [2.45, 2.75) is 69.9 Å². The summed E-state index contributed by atoms with van der Waals surface area (Å²) in [6.45, 7) is 2.35. The van der Waals surface area contributed by atoms with Crippen molar-refractivity contribution in [2.75, 3.05) is 14.1 Å². The Morgan fingerprint density at radius 1 is 0.938 bits per heavy atom. The van der Waals surface area contributed by atoms with Crippen molar-refractivity contribution in [3.05, 3.63) is 83.4 Å². The highest BCUT2D eigenvalue weighted by molar-refractivity contribution is 5.95. The van der Waals surface area contributed by atoms with Crippen molar-refractivity contribution in [1.82, 2.24) is 39.0 Å². The molecule has 2 aliphatic rings. The van der Waals surface area contributed by atoms with Crippen LogP contribution in [0, 0.1) is 0 Å².